The van der Waals surface area contributed by atoms with Crippen molar-refractivity contribution in [3.05, 3.63) is 58.7 Å². The molecule has 3 aromatic rings. The summed E-state index contributed by atoms with van der Waals surface area (Å²) < 4.78 is 4.68. The second-order valence-corrected chi connectivity index (χ2v) is 10.4. The van der Waals surface area contributed by atoms with Gasteiger partial charge in [-0.1, -0.05) is 51.1 Å². The fourth-order valence-corrected chi connectivity index (χ4v) is 5.57. The summed E-state index contributed by atoms with van der Waals surface area (Å²) in [5.74, 6) is 0.279. The molecule has 35 heavy (non-hydrogen) atoms. The first-order chi connectivity index (χ1) is 16.9. The molecule has 1 aliphatic heterocycles. The molecule has 1 N–H and O–H groups in total. The topological polar surface area (TPSA) is 90.1 Å². The van der Waals surface area contributed by atoms with Gasteiger partial charge >= 0.3 is 5.97 Å². The van der Waals surface area contributed by atoms with Crippen LogP contribution in [-0.2, 0) is 24.1 Å². The van der Waals surface area contributed by atoms with E-state index in [1.54, 1.807) is 0 Å². The predicted octanol–water partition coefficient (Wildman–Crippen LogP) is 5.45. The Morgan fingerprint density at radius 2 is 2.11 bits per heavy atom. The lowest BCUT2D eigenvalue weighted by Crippen LogP contribution is -2.25. The Labute approximate surface area is 211 Å². The van der Waals surface area contributed by atoms with E-state index in [-0.39, 0.29) is 5.92 Å². The summed E-state index contributed by atoms with van der Waals surface area (Å²) in [6, 6.07) is 14.7. The standard InChI is InChI=1S/C28H32N4O2S/c1-4-24-19(10-12-32-13-11-22(17-32)28(33)34)6-5-7-25(24)26-30-27(35-31-26)21-9-8-20(14-18(2)3)23(15-21)16-29/h5-9,15,18,22H,4,10-14,17H2,1-3H3,(H,33,34)/t22-/m0/s1. The van der Waals surface area contributed by atoms with Crippen molar-refractivity contribution in [1.82, 2.24) is 14.3 Å². The first-order valence-corrected chi connectivity index (χ1v) is 13.1. The van der Waals surface area contributed by atoms with Crippen LogP contribution in [0.15, 0.2) is 36.4 Å². The minimum atomic E-state index is -0.689. The molecule has 1 fully saturated rings. The van der Waals surface area contributed by atoms with Gasteiger partial charge in [0.1, 0.15) is 5.01 Å². The second-order valence-electron chi connectivity index (χ2n) is 9.68. The molecule has 1 saturated heterocycles. The van der Waals surface area contributed by atoms with E-state index in [1.165, 1.54) is 22.7 Å². The summed E-state index contributed by atoms with van der Waals surface area (Å²) in [7, 11) is 0. The highest BCUT2D eigenvalue weighted by Crippen LogP contribution is 2.31. The van der Waals surface area contributed by atoms with E-state index >= 15 is 0 Å². The number of nitrogens with zero attached hydrogens (tertiary/aromatic N) is 4. The van der Waals surface area contributed by atoms with Crippen LogP contribution in [0.5, 0.6) is 0 Å². The first kappa shape index (κ1) is 25.0. The van der Waals surface area contributed by atoms with Gasteiger partial charge < -0.3 is 10.0 Å². The van der Waals surface area contributed by atoms with E-state index in [0.29, 0.717) is 18.0 Å². The lowest BCUT2D eigenvalue weighted by molar-refractivity contribution is -0.141. The van der Waals surface area contributed by atoms with E-state index in [4.69, 9.17) is 4.98 Å². The van der Waals surface area contributed by atoms with Crippen molar-refractivity contribution < 1.29 is 9.90 Å². The van der Waals surface area contributed by atoms with Crippen LogP contribution < -0.4 is 0 Å². The minimum absolute atomic E-state index is 0.245. The Bertz CT molecular complexity index is 1240. The van der Waals surface area contributed by atoms with E-state index in [2.05, 4.69) is 54.3 Å². The van der Waals surface area contributed by atoms with E-state index in [1.807, 2.05) is 18.2 Å². The maximum Gasteiger partial charge on any atom is 0.307 e. The Balaban J connectivity index is 1.54. The number of hydrogen-bond acceptors (Lipinski definition) is 6. The molecule has 4 rings (SSSR count). The number of carboxylic acid groups (broad SMARTS) is 1. The number of nitriles is 1. The molecule has 0 amide bonds. The fourth-order valence-electron chi connectivity index (χ4n) is 4.89. The van der Waals surface area contributed by atoms with E-state index < -0.39 is 5.97 Å². The van der Waals surface area contributed by atoms with Gasteiger partial charge in [0.15, 0.2) is 5.82 Å². The number of benzene rings is 2. The molecule has 0 aliphatic carbocycles. The third kappa shape index (κ3) is 5.77. The zero-order valence-electron chi connectivity index (χ0n) is 20.6. The molecule has 1 aromatic heterocycles. The molecule has 1 atom stereocenters. The molecule has 7 heteroatoms. The average Bonchev–Trinajstić information content (AvgIpc) is 3.52. The van der Waals surface area contributed by atoms with Gasteiger partial charge in [-0.05, 0) is 72.4 Å². The highest BCUT2D eigenvalue weighted by Gasteiger charge is 2.27. The lowest BCUT2D eigenvalue weighted by Gasteiger charge is -2.17. The molecule has 2 aromatic carbocycles. The quantitative estimate of drug-likeness (QED) is 0.430. The first-order valence-electron chi connectivity index (χ1n) is 12.3. The highest BCUT2D eigenvalue weighted by atomic mass is 32.1. The van der Waals surface area contributed by atoms with Crippen molar-refractivity contribution >= 4 is 17.5 Å². The Kier molecular flexibility index (Phi) is 7.94. The number of aromatic nitrogens is 2. The number of likely N-dealkylation sites (tertiary alicyclic amines) is 1. The van der Waals surface area contributed by atoms with Crippen LogP contribution >= 0.6 is 11.5 Å². The van der Waals surface area contributed by atoms with Crippen molar-refractivity contribution in [3.63, 3.8) is 0 Å². The van der Waals surface area contributed by atoms with E-state index in [0.717, 1.165) is 66.3 Å². The molecule has 0 unspecified atom stereocenters. The monoisotopic (exact) mass is 488 g/mol. The normalized spacial score (nSPS) is 16.0. The van der Waals surface area contributed by atoms with Gasteiger partial charge in [-0.2, -0.15) is 9.64 Å². The molecule has 1 aliphatic rings. The van der Waals surface area contributed by atoms with Crippen molar-refractivity contribution in [2.45, 2.75) is 46.5 Å². The van der Waals surface area contributed by atoms with Gasteiger partial charge in [0, 0.05) is 24.2 Å². The summed E-state index contributed by atoms with van der Waals surface area (Å²) in [5.41, 5.74) is 6.27. The molecule has 0 radical (unpaired) electrons. The molecule has 0 spiro atoms. The molecular weight excluding hydrogens is 456 g/mol. The SMILES string of the molecule is CCc1c(CCN2CC[C@H](C(=O)O)C2)cccc1-c1nsc(-c2ccc(CC(C)C)c(C#N)c2)n1. The van der Waals surface area contributed by atoms with Gasteiger partial charge in [-0.3, -0.25) is 4.79 Å². The van der Waals surface area contributed by atoms with Gasteiger partial charge in [-0.15, -0.1) is 0 Å². The zero-order chi connectivity index (χ0) is 24.9. The number of carboxylic acids is 1. The number of hydrogen-bond donors (Lipinski definition) is 1. The predicted molar refractivity (Wildman–Crippen MR) is 139 cm³/mol. The van der Waals surface area contributed by atoms with Crippen LogP contribution in [0.2, 0.25) is 0 Å². The number of rotatable bonds is 9. The van der Waals surface area contributed by atoms with Gasteiger partial charge in [0.25, 0.3) is 0 Å². The van der Waals surface area contributed by atoms with Crippen molar-refractivity contribution in [2.24, 2.45) is 11.8 Å². The van der Waals surface area contributed by atoms with Gasteiger partial charge in [0.05, 0.1) is 17.6 Å². The maximum atomic E-state index is 11.3. The van der Waals surface area contributed by atoms with Crippen LogP contribution in [0.25, 0.3) is 22.0 Å². The molecule has 2 heterocycles. The van der Waals surface area contributed by atoms with Crippen molar-refractivity contribution in [2.75, 3.05) is 19.6 Å². The van der Waals surface area contributed by atoms with Crippen molar-refractivity contribution in [1.29, 1.82) is 5.26 Å². The third-order valence-corrected chi connectivity index (χ3v) is 7.48. The Hall–Kier alpha value is -3.08. The van der Waals surface area contributed by atoms with Crippen LogP contribution in [0.4, 0.5) is 0 Å². The van der Waals surface area contributed by atoms with Crippen LogP contribution in [0.1, 0.15) is 49.4 Å². The van der Waals surface area contributed by atoms with Gasteiger partial charge in [-0.25, -0.2) is 4.98 Å². The highest BCUT2D eigenvalue weighted by molar-refractivity contribution is 7.09. The number of aliphatic carboxylic acids is 1. The Morgan fingerprint density at radius 3 is 2.80 bits per heavy atom. The summed E-state index contributed by atoms with van der Waals surface area (Å²) in [6.45, 7) is 8.80. The molecule has 0 saturated carbocycles. The van der Waals surface area contributed by atoms with Crippen molar-refractivity contribution in [3.8, 4) is 28.0 Å². The van der Waals surface area contributed by atoms with Crippen LogP contribution in [0, 0.1) is 23.2 Å². The molecule has 0 bridgehead atoms. The smallest absolute Gasteiger partial charge is 0.307 e. The van der Waals surface area contributed by atoms with E-state index in [9.17, 15) is 15.2 Å². The summed E-state index contributed by atoms with van der Waals surface area (Å²) in [6.07, 6.45) is 3.36. The molecular formula is C28H32N4O2S. The zero-order valence-corrected chi connectivity index (χ0v) is 21.4. The molecule has 182 valence electrons. The summed E-state index contributed by atoms with van der Waals surface area (Å²) in [5, 5.41) is 19.7. The lowest BCUT2D eigenvalue weighted by atomic mass is 9.96. The Morgan fingerprint density at radius 1 is 1.29 bits per heavy atom. The summed E-state index contributed by atoms with van der Waals surface area (Å²) >= 11 is 1.36. The summed E-state index contributed by atoms with van der Waals surface area (Å²) in [4.78, 5) is 18.4. The van der Waals surface area contributed by atoms with Gasteiger partial charge in [0.2, 0.25) is 0 Å². The minimum Gasteiger partial charge on any atom is -0.481 e. The fraction of sp³-hybridized carbons (Fsp3) is 0.429. The van der Waals surface area contributed by atoms with Crippen LogP contribution in [-0.4, -0.2) is 45.0 Å². The van der Waals surface area contributed by atoms with Crippen LogP contribution in [0.3, 0.4) is 0 Å². The second kappa shape index (κ2) is 11.1. The average molecular weight is 489 g/mol. The largest absolute Gasteiger partial charge is 0.481 e. The molecule has 6 nitrogen and oxygen atoms in total. The third-order valence-electron chi connectivity index (χ3n) is 6.72. The number of carbonyl (C=O) groups is 1. The maximum absolute atomic E-state index is 11.3.